The molecule has 25 heavy (non-hydrogen) atoms. The number of anilines is 1. The van der Waals surface area contributed by atoms with Gasteiger partial charge in [0.15, 0.2) is 6.61 Å². The summed E-state index contributed by atoms with van der Waals surface area (Å²) >= 11 is 0. The summed E-state index contributed by atoms with van der Waals surface area (Å²) in [6, 6.07) is 7.53. The molecular formula is C20H30N2O3. The minimum absolute atomic E-state index is 0.215. The number of nitrogens with one attached hydrogen (secondary N) is 1. The van der Waals surface area contributed by atoms with Gasteiger partial charge in [-0.05, 0) is 69.7 Å². The fourth-order valence-electron chi connectivity index (χ4n) is 3.29. The van der Waals surface area contributed by atoms with Crippen molar-refractivity contribution in [2.45, 2.75) is 52.5 Å². The van der Waals surface area contributed by atoms with Crippen molar-refractivity contribution >= 4 is 17.6 Å². The third-order valence-electron chi connectivity index (χ3n) is 4.95. The number of hydrogen-bond donors (Lipinski definition) is 1. The van der Waals surface area contributed by atoms with Gasteiger partial charge in [-0.2, -0.15) is 0 Å². The highest BCUT2D eigenvalue weighted by molar-refractivity contribution is 5.91. The number of ether oxygens (including phenoxy) is 1. The second-order valence-electron chi connectivity index (χ2n) is 6.82. The molecule has 0 atom stereocenters. The number of esters is 1. The zero-order valence-corrected chi connectivity index (χ0v) is 15.6. The van der Waals surface area contributed by atoms with Crippen LogP contribution in [0.3, 0.4) is 0 Å². The van der Waals surface area contributed by atoms with Gasteiger partial charge in [-0.3, -0.25) is 4.79 Å². The largest absolute Gasteiger partial charge is 0.452 e. The van der Waals surface area contributed by atoms with Crippen LogP contribution in [0.5, 0.6) is 0 Å². The zero-order valence-electron chi connectivity index (χ0n) is 15.6. The van der Waals surface area contributed by atoms with Crippen LogP contribution in [0.2, 0.25) is 0 Å². The standard InChI is InChI=1S/C20H30N2O3/c1-4-22(5-2)18-12-8-16(9-13-18)20(24)25-14-19(23)21-17-10-6-15(3)7-11-17/h8-9,12-13,15,17H,4-7,10-11,14H2,1-3H3,(H,21,23). The first-order valence-electron chi connectivity index (χ1n) is 9.35. The highest BCUT2D eigenvalue weighted by atomic mass is 16.5. The molecule has 5 heteroatoms. The summed E-state index contributed by atoms with van der Waals surface area (Å²) in [5, 5.41) is 2.96. The van der Waals surface area contributed by atoms with E-state index < -0.39 is 5.97 Å². The number of rotatable bonds is 7. The van der Waals surface area contributed by atoms with Gasteiger partial charge in [-0.15, -0.1) is 0 Å². The van der Waals surface area contributed by atoms with Gasteiger partial charge in [-0.25, -0.2) is 4.79 Å². The van der Waals surface area contributed by atoms with Gasteiger partial charge in [-0.1, -0.05) is 6.92 Å². The Kier molecular flexibility index (Phi) is 7.29. The molecule has 1 amide bonds. The highest BCUT2D eigenvalue weighted by Crippen LogP contribution is 2.23. The topological polar surface area (TPSA) is 58.6 Å². The van der Waals surface area contributed by atoms with Gasteiger partial charge in [0.25, 0.3) is 5.91 Å². The summed E-state index contributed by atoms with van der Waals surface area (Å²) in [5.74, 6) is 0.0662. The van der Waals surface area contributed by atoms with Crippen molar-refractivity contribution in [3.63, 3.8) is 0 Å². The number of hydrogen-bond acceptors (Lipinski definition) is 4. The maximum Gasteiger partial charge on any atom is 0.338 e. The van der Waals surface area contributed by atoms with Crippen LogP contribution in [0.1, 0.15) is 56.8 Å². The molecule has 0 aromatic heterocycles. The van der Waals surface area contributed by atoms with Gasteiger partial charge in [0.05, 0.1) is 5.56 Å². The molecule has 0 spiro atoms. The second kappa shape index (κ2) is 9.44. The minimum atomic E-state index is -0.460. The summed E-state index contributed by atoms with van der Waals surface area (Å²) in [6.45, 7) is 8.04. The first-order chi connectivity index (χ1) is 12.0. The van der Waals surface area contributed by atoms with Gasteiger partial charge in [0.2, 0.25) is 0 Å². The van der Waals surface area contributed by atoms with E-state index in [1.165, 1.54) is 0 Å². The second-order valence-corrected chi connectivity index (χ2v) is 6.82. The summed E-state index contributed by atoms with van der Waals surface area (Å²) in [7, 11) is 0. The normalized spacial score (nSPS) is 20.0. The van der Waals surface area contributed by atoms with Crippen LogP contribution in [-0.4, -0.2) is 37.6 Å². The Hall–Kier alpha value is -2.04. The van der Waals surface area contributed by atoms with Crippen molar-refractivity contribution in [1.82, 2.24) is 5.32 Å². The predicted molar refractivity (Wildman–Crippen MR) is 99.8 cm³/mol. The molecule has 0 heterocycles. The van der Waals surface area contributed by atoms with E-state index in [9.17, 15) is 9.59 Å². The van der Waals surface area contributed by atoms with E-state index in [-0.39, 0.29) is 18.6 Å². The lowest BCUT2D eigenvalue weighted by Gasteiger charge is -2.26. The van der Waals surface area contributed by atoms with Crippen LogP contribution in [0.15, 0.2) is 24.3 Å². The Balaban J connectivity index is 1.78. The fraction of sp³-hybridized carbons (Fsp3) is 0.600. The lowest BCUT2D eigenvalue weighted by Crippen LogP contribution is -2.39. The molecule has 1 N–H and O–H groups in total. The molecule has 1 aliphatic carbocycles. The molecule has 0 unspecified atom stereocenters. The number of amides is 1. The van der Waals surface area contributed by atoms with Crippen LogP contribution in [0, 0.1) is 5.92 Å². The van der Waals surface area contributed by atoms with Crippen LogP contribution in [0.25, 0.3) is 0 Å². The van der Waals surface area contributed by atoms with Gasteiger partial charge in [0.1, 0.15) is 0 Å². The van der Waals surface area contributed by atoms with Crippen molar-refractivity contribution in [1.29, 1.82) is 0 Å². The molecule has 0 aliphatic heterocycles. The molecule has 138 valence electrons. The Morgan fingerprint density at radius 2 is 1.68 bits per heavy atom. The van der Waals surface area contributed by atoms with Crippen LogP contribution >= 0.6 is 0 Å². The highest BCUT2D eigenvalue weighted by Gasteiger charge is 2.20. The van der Waals surface area contributed by atoms with E-state index in [2.05, 4.69) is 31.0 Å². The molecule has 1 aromatic carbocycles. The molecular weight excluding hydrogens is 316 g/mol. The monoisotopic (exact) mass is 346 g/mol. The Labute approximate surface area is 150 Å². The minimum Gasteiger partial charge on any atom is -0.452 e. The smallest absolute Gasteiger partial charge is 0.338 e. The van der Waals surface area contributed by atoms with Crippen molar-refractivity contribution in [3.8, 4) is 0 Å². The van der Waals surface area contributed by atoms with Crippen molar-refractivity contribution < 1.29 is 14.3 Å². The Morgan fingerprint density at radius 3 is 2.24 bits per heavy atom. The molecule has 1 saturated carbocycles. The average molecular weight is 346 g/mol. The lowest BCUT2D eigenvalue weighted by atomic mass is 9.87. The molecule has 0 bridgehead atoms. The van der Waals surface area contributed by atoms with Crippen molar-refractivity contribution in [3.05, 3.63) is 29.8 Å². The molecule has 1 aliphatic rings. The lowest BCUT2D eigenvalue weighted by molar-refractivity contribution is -0.125. The summed E-state index contributed by atoms with van der Waals surface area (Å²) in [6.07, 6.45) is 4.30. The van der Waals surface area contributed by atoms with Gasteiger partial charge >= 0.3 is 5.97 Å². The Bertz CT molecular complexity index is 559. The summed E-state index contributed by atoms with van der Waals surface area (Å²) < 4.78 is 5.14. The molecule has 2 rings (SSSR count). The SMILES string of the molecule is CCN(CC)c1ccc(C(=O)OCC(=O)NC2CCC(C)CC2)cc1. The third-order valence-corrected chi connectivity index (χ3v) is 4.95. The molecule has 0 radical (unpaired) electrons. The fourth-order valence-corrected chi connectivity index (χ4v) is 3.29. The van der Waals surface area contributed by atoms with E-state index in [1.807, 2.05) is 12.1 Å². The first-order valence-corrected chi connectivity index (χ1v) is 9.35. The third kappa shape index (κ3) is 5.76. The van der Waals surface area contributed by atoms with Crippen LogP contribution in [0.4, 0.5) is 5.69 Å². The molecule has 5 nitrogen and oxygen atoms in total. The number of nitrogens with zero attached hydrogens (tertiary/aromatic N) is 1. The van der Waals surface area contributed by atoms with E-state index in [1.54, 1.807) is 12.1 Å². The van der Waals surface area contributed by atoms with Crippen LogP contribution in [-0.2, 0) is 9.53 Å². The average Bonchev–Trinajstić information content (AvgIpc) is 2.63. The van der Waals surface area contributed by atoms with E-state index in [4.69, 9.17) is 4.74 Å². The molecule has 0 saturated heterocycles. The molecule has 1 fully saturated rings. The van der Waals surface area contributed by atoms with Gasteiger partial charge in [0, 0.05) is 24.8 Å². The summed E-state index contributed by atoms with van der Waals surface area (Å²) in [4.78, 5) is 26.2. The number of benzene rings is 1. The van der Waals surface area contributed by atoms with Gasteiger partial charge < -0.3 is 15.0 Å². The van der Waals surface area contributed by atoms with Crippen molar-refractivity contribution in [2.75, 3.05) is 24.6 Å². The number of carbonyl (C=O) groups is 2. The van der Waals surface area contributed by atoms with E-state index in [0.29, 0.717) is 5.56 Å². The Morgan fingerprint density at radius 1 is 1.08 bits per heavy atom. The van der Waals surface area contributed by atoms with E-state index >= 15 is 0 Å². The maximum absolute atomic E-state index is 12.1. The van der Waals surface area contributed by atoms with Crippen LogP contribution < -0.4 is 10.2 Å². The summed E-state index contributed by atoms with van der Waals surface area (Å²) in [5.41, 5.74) is 1.54. The maximum atomic E-state index is 12.1. The first kappa shape index (κ1) is 19.3. The quantitative estimate of drug-likeness (QED) is 0.769. The predicted octanol–water partition coefficient (Wildman–Crippen LogP) is 3.38. The molecule has 1 aromatic rings. The zero-order chi connectivity index (χ0) is 18.2. The number of carbonyl (C=O) groups excluding carboxylic acids is 2. The van der Waals surface area contributed by atoms with E-state index in [0.717, 1.165) is 50.4 Å². The van der Waals surface area contributed by atoms with Crippen molar-refractivity contribution in [2.24, 2.45) is 5.92 Å².